The standard InChI is InChI=1S/C15H21N5O3S/c1-19-13(10-20-4-7-22-8-5-20)17-18-15(19)24-11-14(21)16-9-12-3-2-6-23-12/h2-3,6H,4-5,7-11H2,1H3,(H,16,21). The predicted octanol–water partition coefficient (Wildman–Crippen LogP) is 0.649. The van der Waals surface area contributed by atoms with E-state index in [0.717, 1.165) is 49.6 Å². The maximum atomic E-state index is 11.9. The molecule has 0 spiro atoms. The minimum Gasteiger partial charge on any atom is -0.467 e. The third kappa shape index (κ3) is 4.59. The van der Waals surface area contributed by atoms with Crippen LogP contribution in [-0.4, -0.2) is 57.6 Å². The quantitative estimate of drug-likeness (QED) is 0.733. The number of nitrogens with zero attached hydrogens (tertiary/aromatic N) is 4. The lowest BCUT2D eigenvalue weighted by molar-refractivity contribution is -0.118. The van der Waals surface area contributed by atoms with Crippen molar-refractivity contribution >= 4 is 17.7 Å². The lowest BCUT2D eigenvalue weighted by atomic mass is 10.4. The van der Waals surface area contributed by atoms with Crippen molar-refractivity contribution in [3.8, 4) is 0 Å². The van der Waals surface area contributed by atoms with E-state index in [1.807, 2.05) is 17.7 Å². The van der Waals surface area contributed by atoms with Crippen LogP contribution in [0.2, 0.25) is 0 Å². The van der Waals surface area contributed by atoms with Crippen molar-refractivity contribution in [3.63, 3.8) is 0 Å². The van der Waals surface area contributed by atoms with Crippen LogP contribution in [0.4, 0.5) is 0 Å². The van der Waals surface area contributed by atoms with Gasteiger partial charge < -0.3 is 19.0 Å². The summed E-state index contributed by atoms with van der Waals surface area (Å²) in [6.45, 7) is 4.48. The molecule has 1 amide bonds. The summed E-state index contributed by atoms with van der Waals surface area (Å²) in [5, 5.41) is 12.0. The zero-order chi connectivity index (χ0) is 16.8. The van der Waals surface area contributed by atoms with Gasteiger partial charge in [-0.15, -0.1) is 10.2 Å². The van der Waals surface area contributed by atoms with Crippen molar-refractivity contribution in [1.29, 1.82) is 0 Å². The largest absolute Gasteiger partial charge is 0.467 e. The Labute approximate surface area is 144 Å². The molecule has 1 fully saturated rings. The normalized spacial score (nSPS) is 15.5. The molecule has 0 unspecified atom stereocenters. The van der Waals surface area contributed by atoms with Gasteiger partial charge in [0.2, 0.25) is 5.91 Å². The number of thioether (sulfide) groups is 1. The Bertz CT molecular complexity index is 652. The van der Waals surface area contributed by atoms with Gasteiger partial charge in [0.1, 0.15) is 11.6 Å². The first-order valence-electron chi connectivity index (χ1n) is 7.82. The van der Waals surface area contributed by atoms with Gasteiger partial charge in [-0.3, -0.25) is 9.69 Å². The van der Waals surface area contributed by atoms with Crippen molar-refractivity contribution in [1.82, 2.24) is 25.0 Å². The molecule has 130 valence electrons. The van der Waals surface area contributed by atoms with Crippen LogP contribution < -0.4 is 5.32 Å². The monoisotopic (exact) mass is 351 g/mol. The molecule has 3 rings (SSSR count). The first-order chi connectivity index (χ1) is 11.7. The number of carbonyl (C=O) groups is 1. The molecular formula is C15H21N5O3S. The van der Waals surface area contributed by atoms with E-state index in [4.69, 9.17) is 9.15 Å². The van der Waals surface area contributed by atoms with E-state index in [-0.39, 0.29) is 5.91 Å². The smallest absolute Gasteiger partial charge is 0.230 e. The fraction of sp³-hybridized carbons (Fsp3) is 0.533. The van der Waals surface area contributed by atoms with E-state index >= 15 is 0 Å². The summed E-state index contributed by atoms with van der Waals surface area (Å²) >= 11 is 1.38. The summed E-state index contributed by atoms with van der Waals surface area (Å²) in [6, 6.07) is 3.62. The van der Waals surface area contributed by atoms with E-state index in [9.17, 15) is 4.79 Å². The van der Waals surface area contributed by atoms with Crippen LogP contribution in [0.1, 0.15) is 11.6 Å². The molecule has 0 saturated carbocycles. The molecule has 8 nitrogen and oxygen atoms in total. The molecule has 3 heterocycles. The van der Waals surface area contributed by atoms with Gasteiger partial charge in [-0.25, -0.2) is 0 Å². The van der Waals surface area contributed by atoms with Crippen LogP contribution >= 0.6 is 11.8 Å². The fourth-order valence-electron chi connectivity index (χ4n) is 2.35. The Balaban J connectivity index is 1.45. The number of ether oxygens (including phenoxy) is 1. The van der Waals surface area contributed by atoms with E-state index < -0.39 is 0 Å². The van der Waals surface area contributed by atoms with Crippen LogP contribution in [0.3, 0.4) is 0 Å². The average Bonchev–Trinajstić information content (AvgIpc) is 3.23. The van der Waals surface area contributed by atoms with Gasteiger partial charge in [0.15, 0.2) is 5.16 Å². The zero-order valence-corrected chi connectivity index (χ0v) is 14.4. The van der Waals surface area contributed by atoms with Gasteiger partial charge in [-0.1, -0.05) is 11.8 Å². The predicted molar refractivity (Wildman–Crippen MR) is 88.4 cm³/mol. The number of aromatic nitrogens is 3. The molecule has 1 N–H and O–H groups in total. The highest BCUT2D eigenvalue weighted by Gasteiger charge is 2.16. The van der Waals surface area contributed by atoms with Crippen LogP contribution in [0.15, 0.2) is 28.0 Å². The van der Waals surface area contributed by atoms with Gasteiger partial charge in [-0.05, 0) is 12.1 Å². The zero-order valence-electron chi connectivity index (χ0n) is 13.6. The highest BCUT2D eigenvalue weighted by atomic mass is 32.2. The first-order valence-corrected chi connectivity index (χ1v) is 8.81. The number of carbonyl (C=O) groups excluding carboxylic acids is 1. The summed E-state index contributed by atoms with van der Waals surface area (Å²) in [5.74, 6) is 1.87. The minimum absolute atomic E-state index is 0.0610. The summed E-state index contributed by atoms with van der Waals surface area (Å²) in [5.41, 5.74) is 0. The topological polar surface area (TPSA) is 85.4 Å². The molecule has 2 aromatic heterocycles. The number of furan rings is 1. The van der Waals surface area contributed by atoms with Gasteiger partial charge in [0, 0.05) is 20.1 Å². The summed E-state index contributed by atoms with van der Waals surface area (Å²) in [4.78, 5) is 14.2. The average molecular weight is 351 g/mol. The summed E-state index contributed by atoms with van der Waals surface area (Å²) in [7, 11) is 1.93. The van der Waals surface area contributed by atoms with Crippen molar-refractivity contribution in [3.05, 3.63) is 30.0 Å². The number of hydrogen-bond acceptors (Lipinski definition) is 7. The molecule has 0 aromatic carbocycles. The highest BCUT2D eigenvalue weighted by Crippen LogP contribution is 2.16. The summed E-state index contributed by atoms with van der Waals surface area (Å²) < 4.78 is 12.5. The van der Waals surface area contributed by atoms with E-state index in [1.54, 1.807) is 12.3 Å². The third-order valence-electron chi connectivity index (χ3n) is 3.77. The third-order valence-corrected chi connectivity index (χ3v) is 4.79. The van der Waals surface area contributed by atoms with Crippen molar-refractivity contribution < 1.29 is 13.9 Å². The van der Waals surface area contributed by atoms with Crippen molar-refractivity contribution in [2.45, 2.75) is 18.2 Å². The fourth-order valence-corrected chi connectivity index (χ4v) is 3.11. The Kier molecular flexibility index (Phi) is 5.89. The van der Waals surface area contributed by atoms with Crippen molar-refractivity contribution in [2.75, 3.05) is 32.1 Å². The summed E-state index contributed by atoms with van der Waals surface area (Å²) in [6.07, 6.45) is 1.59. The van der Waals surface area contributed by atoms with Crippen molar-refractivity contribution in [2.24, 2.45) is 7.05 Å². The Morgan fingerprint density at radius 1 is 1.38 bits per heavy atom. The van der Waals surface area contributed by atoms with Gasteiger partial charge >= 0.3 is 0 Å². The molecule has 24 heavy (non-hydrogen) atoms. The second-order valence-corrected chi connectivity index (χ2v) is 6.43. The maximum absolute atomic E-state index is 11.9. The van der Waals surface area contributed by atoms with E-state index in [0.29, 0.717) is 12.3 Å². The van der Waals surface area contributed by atoms with E-state index in [2.05, 4.69) is 20.4 Å². The molecule has 0 radical (unpaired) electrons. The van der Waals surface area contributed by atoms with Gasteiger partial charge in [-0.2, -0.15) is 0 Å². The number of rotatable bonds is 7. The minimum atomic E-state index is -0.0610. The molecule has 2 aromatic rings. The molecule has 1 aliphatic heterocycles. The second kappa shape index (κ2) is 8.32. The Morgan fingerprint density at radius 2 is 2.21 bits per heavy atom. The lowest BCUT2D eigenvalue weighted by Gasteiger charge is -2.25. The second-order valence-electron chi connectivity index (χ2n) is 5.49. The Hall–Kier alpha value is -1.84. The van der Waals surface area contributed by atoms with Crippen LogP contribution in [0.25, 0.3) is 0 Å². The molecule has 0 aliphatic carbocycles. The molecule has 0 atom stereocenters. The van der Waals surface area contributed by atoms with Gasteiger partial charge in [0.05, 0.1) is 38.3 Å². The number of hydrogen-bond donors (Lipinski definition) is 1. The maximum Gasteiger partial charge on any atom is 0.230 e. The number of amides is 1. The number of morpholine rings is 1. The molecule has 9 heteroatoms. The molecule has 0 bridgehead atoms. The van der Waals surface area contributed by atoms with Gasteiger partial charge in [0.25, 0.3) is 0 Å². The number of nitrogens with one attached hydrogen (secondary N) is 1. The van der Waals surface area contributed by atoms with Crippen LogP contribution in [0.5, 0.6) is 0 Å². The van der Waals surface area contributed by atoms with Crippen LogP contribution in [0, 0.1) is 0 Å². The van der Waals surface area contributed by atoms with E-state index in [1.165, 1.54) is 11.8 Å². The molecule has 1 saturated heterocycles. The lowest BCUT2D eigenvalue weighted by Crippen LogP contribution is -2.36. The highest BCUT2D eigenvalue weighted by molar-refractivity contribution is 7.99. The Morgan fingerprint density at radius 3 is 2.96 bits per heavy atom. The first kappa shape index (κ1) is 17.0. The van der Waals surface area contributed by atoms with Crippen LogP contribution in [-0.2, 0) is 29.7 Å². The SMILES string of the molecule is Cn1c(CN2CCOCC2)nnc1SCC(=O)NCc1ccco1. The molecular weight excluding hydrogens is 330 g/mol. The molecule has 1 aliphatic rings.